The van der Waals surface area contributed by atoms with Crippen LogP contribution >= 0.6 is 34.4 Å². The van der Waals surface area contributed by atoms with Crippen molar-refractivity contribution in [2.45, 2.75) is 12.2 Å². The summed E-state index contributed by atoms with van der Waals surface area (Å²) in [4.78, 5) is 0. The molecule has 0 aromatic heterocycles. The van der Waals surface area contributed by atoms with Crippen LogP contribution in [0.5, 0.6) is 0 Å². The molecule has 2 aromatic rings. The van der Waals surface area contributed by atoms with Crippen LogP contribution < -0.4 is 0 Å². The molecule has 0 spiro atoms. The monoisotopic (exact) mass is 354 g/mol. The van der Waals surface area contributed by atoms with Gasteiger partial charge >= 0.3 is 0 Å². The number of benzene rings is 2. The van der Waals surface area contributed by atoms with Gasteiger partial charge in [-0.2, -0.15) is 11.8 Å². The van der Waals surface area contributed by atoms with Gasteiger partial charge in [-0.25, -0.2) is 0 Å². The van der Waals surface area contributed by atoms with Gasteiger partial charge in [0.05, 0.1) is 0 Å². The first-order chi connectivity index (χ1) is 8.34. The number of halogens is 1. The molecule has 0 unspecified atom stereocenters. The van der Waals surface area contributed by atoms with Crippen LogP contribution in [-0.2, 0) is 12.2 Å². The SMILES string of the molecule is Ic1ccc(CCSCc2ccccc2)cc1. The zero-order valence-electron chi connectivity index (χ0n) is 9.60. The molecule has 0 atom stereocenters. The number of rotatable bonds is 5. The number of thioether (sulfide) groups is 1. The lowest BCUT2D eigenvalue weighted by molar-refractivity contribution is 1.15. The Hall–Kier alpha value is -0.480. The number of hydrogen-bond acceptors (Lipinski definition) is 1. The van der Waals surface area contributed by atoms with Gasteiger partial charge in [0, 0.05) is 9.32 Å². The normalized spacial score (nSPS) is 10.4. The lowest BCUT2D eigenvalue weighted by Crippen LogP contribution is -1.89. The average Bonchev–Trinajstić information content (AvgIpc) is 2.38. The fourth-order valence-corrected chi connectivity index (χ4v) is 2.92. The van der Waals surface area contributed by atoms with Gasteiger partial charge < -0.3 is 0 Å². The van der Waals surface area contributed by atoms with Gasteiger partial charge in [-0.3, -0.25) is 0 Å². The fourth-order valence-electron chi connectivity index (χ4n) is 1.61. The molecule has 0 aliphatic carbocycles. The van der Waals surface area contributed by atoms with Crippen LogP contribution in [0.2, 0.25) is 0 Å². The van der Waals surface area contributed by atoms with E-state index in [2.05, 4.69) is 77.2 Å². The van der Waals surface area contributed by atoms with Gasteiger partial charge in [0.25, 0.3) is 0 Å². The Labute approximate surface area is 121 Å². The smallest absolute Gasteiger partial charge is 0.0184 e. The lowest BCUT2D eigenvalue weighted by atomic mass is 10.2. The van der Waals surface area contributed by atoms with Crippen molar-refractivity contribution >= 4 is 34.4 Å². The van der Waals surface area contributed by atoms with Crippen molar-refractivity contribution in [1.29, 1.82) is 0 Å². The van der Waals surface area contributed by atoms with Crippen molar-refractivity contribution < 1.29 is 0 Å². The van der Waals surface area contributed by atoms with E-state index in [1.54, 1.807) is 0 Å². The highest BCUT2D eigenvalue weighted by Gasteiger charge is 1.95. The first-order valence-corrected chi connectivity index (χ1v) is 7.94. The zero-order valence-corrected chi connectivity index (χ0v) is 12.6. The molecular formula is C15H15IS. The van der Waals surface area contributed by atoms with Crippen molar-refractivity contribution in [3.8, 4) is 0 Å². The highest BCUT2D eigenvalue weighted by atomic mass is 127. The van der Waals surface area contributed by atoms with Crippen LogP contribution in [0.3, 0.4) is 0 Å². The molecule has 0 nitrogen and oxygen atoms in total. The van der Waals surface area contributed by atoms with Crippen LogP contribution in [0.25, 0.3) is 0 Å². The number of hydrogen-bond donors (Lipinski definition) is 0. The average molecular weight is 354 g/mol. The van der Waals surface area contributed by atoms with Crippen molar-refractivity contribution in [2.75, 3.05) is 5.75 Å². The van der Waals surface area contributed by atoms with Crippen molar-refractivity contribution in [1.82, 2.24) is 0 Å². The predicted octanol–water partition coefficient (Wildman–Crippen LogP) is 4.77. The molecule has 2 aromatic carbocycles. The molecule has 88 valence electrons. The molecule has 2 heteroatoms. The van der Waals surface area contributed by atoms with E-state index in [0.717, 1.165) is 12.2 Å². The van der Waals surface area contributed by atoms with E-state index in [-0.39, 0.29) is 0 Å². The summed E-state index contributed by atoms with van der Waals surface area (Å²) < 4.78 is 1.31. The molecule has 17 heavy (non-hydrogen) atoms. The molecule has 0 aliphatic rings. The van der Waals surface area contributed by atoms with E-state index in [1.807, 2.05) is 11.8 Å². The Bertz CT molecular complexity index is 436. The van der Waals surface area contributed by atoms with Gasteiger partial charge in [-0.05, 0) is 58.0 Å². The van der Waals surface area contributed by atoms with E-state index < -0.39 is 0 Å². The summed E-state index contributed by atoms with van der Waals surface area (Å²) in [7, 11) is 0. The maximum atomic E-state index is 2.34. The standard InChI is InChI=1S/C15H15IS/c16-15-8-6-13(7-9-15)10-11-17-12-14-4-2-1-3-5-14/h1-9H,10-12H2. The first-order valence-electron chi connectivity index (χ1n) is 5.71. The van der Waals surface area contributed by atoms with Gasteiger partial charge in [-0.1, -0.05) is 42.5 Å². The van der Waals surface area contributed by atoms with Crippen LogP contribution in [0.15, 0.2) is 54.6 Å². The minimum absolute atomic E-state index is 1.12. The molecule has 0 radical (unpaired) electrons. The highest BCUT2D eigenvalue weighted by molar-refractivity contribution is 14.1. The number of aryl methyl sites for hydroxylation is 1. The van der Waals surface area contributed by atoms with Crippen LogP contribution in [-0.4, -0.2) is 5.75 Å². The van der Waals surface area contributed by atoms with E-state index in [0.29, 0.717) is 0 Å². The quantitative estimate of drug-likeness (QED) is 0.551. The fraction of sp³-hybridized carbons (Fsp3) is 0.200. The third-order valence-corrected chi connectivity index (χ3v) is 4.31. The molecule has 2 rings (SSSR count). The van der Waals surface area contributed by atoms with E-state index in [4.69, 9.17) is 0 Å². The summed E-state index contributed by atoms with van der Waals surface area (Å²) in [6.07, 6.45) is 1.16. The molecule has 0 fully saturated rings. The lowest BCUT2D eigenvalue weighted by Gasteiger charge is -2.02. The van der Waals surface area contributed by atoms with Crippen molar-refractivity contribution in [2.24, 2.45) is 0 Å². The topological polar surface area (TPSA) is 0 Å². The molecular weight excluding hydrogens is 339 g/mol. The summed E-state index contributed by atoms with van der Waals surface area (Å²) >= 11 is 4.35. The van der Waals surface area contributed by atoms with Crippen LogP contribution in [0.4, 0.5) is 0 Å². The van der Waals surface area contributed by atoms with E-state index >= 15 is 0 Å². The summed E-state index contributed by atoms with van der Waals surface area (Å²) in [6, 6.07) is 19.5. The molecule has 0 saturated heterocycles. The third-order valence-electron chi connectivity index (χ3n) is 2.56. The molecule has 0 bridgehead atoms. The van der Waals surface area contributed by atoms with Crippen LogP contribution in [0.1, 0.15) is 11.1 Å². The Kier molecular flexibility index (Phi) is 5.39. The van der Waals surface area contributed by atoms with E-state index in [1.165, 1.54) is 20.4 Å². The first kappa shape index (κ1) is 13.0. The third kappa shape index (κ3) is 4.72. The highest BCUT2D eigenvalue weighted by Crippen LogP contribution is 2.14. The molecule has 0 aliphatic heterocycles. The summed E-state index contributed by atoms with van der Waals surface area (Å²) in [5, 5.41) is 0. The zero-order chi connectivity index (χ0) is 11.9. The molecule has 0 saturated carbocycles. The van der Waals surface area contributed by atoms with Crippen molar-refractivity contribution in [3.05, 3.63) is 69.3 Å². The van der Waals surface area contributed by atoms with Gasteiger partial charge in [0.1, 0.15) is 0 Å². The maximum Gasteiger partial charge on any atom is 0.0184 e. The van der Waals surface area contributed by atoms with E-state index in [9.17, 15) is 0 Å². The minimum Gasteiger partial charge on any atom is -0.157 e. The predicted molar refractivity (Wildman–Crippen MR) is 85.5 cm³/mol. The van der Waals surface area contributed by atoms with Crippen molar-refractivity contribution in [3.63, 3.8) is 0 Å². The maximum absolute atomic E-state index is 2.34. The van der Waals surface area contributed by atoms with Gasteiger partial charge in [0.2, 0.25) is 0 Å². The Morgan fingerprint density at radius 2 is 1.53 bits per heavy atom. The molecule has 0 amide bonds. The Morgan fingerprint density at radius 1 is 0.824 bits per heavy atom. The summed E-state index contributed by atoms with van der Waals surface area (Å²) in [6.45, 7) is 0. The summed E-state index contributed by atoms with van der Waals surface area (Å²) in [5.41, 5.74) is 2.85. The molecule has 0 N–H and O–H groups in total. The second kappa shape index (κ2) is 7.07. The van der Waals surface area contributed by atoms with Crippen LogP contribution in [0, 0.1) is 3.57 Å². The van der Waals surface area contributed by atoms with Gasteiger partial charge in [0.15, 0.2) is 0 Å². The molecule has 0 heterocycles. The largest absolute Gasteiger partial charge is 0.157 e. The minimum atomic E-state index is 1.12. The van der Waals surface area contributed by atoms with Gasteiger partial charge in [-0.15, -0.1) is 0 Å². The second-order valence-electron chi connectivity index (χ2n) is 3.91. The Morgan fingerprint density at radius 3 is 2.24 bits per heavy atom. The summed E-state index contributed by atoms with van der Waals surface area (Å²) in [5.74, 6) is 2.31. The second-order valence-corrected chi connectivity index (χ2v) is 6.27. The Balaban J connectivity index is 1.71.